The Kier molecular flexibility index (Phi) is 6.00. The molecule has 1 rings (SSSR count). The van der Waals surface area contributed by atoms with Gasteiger partial charge in [-0.05, 0) is 24.8 Å². The summed E-state index contributed by atoms with van der Waals surface area (Å²) in [4.78, 5) is 11.1. The number of benzene rings is 1. The van der Waals surface area contributed by atoms with Crippen LogP contribution in [0.1, 0.15) is 24.8 Å². The average Bonchev–Trinajstić information content (AvgIpc) is 2.33. The lowest BCUT2D eigenvalue weighted by Gasteiger charge is -2.02. The van der Waals surface area contributed by atoms with Gasteiger partial charge in [-0.3, -0.25) is 4.79 Å². The smallest absolute Gasteiger partial charge is 0.306 e. The van der Waals surface area contributed by atoms with E-state index in [1.54, 1.807) is 6.08 Å². The topological polar surface area (TPSA) is 26.3 Å². The molecule has 0 atom stereocenters. The van der Waals surface area contributed by atoms with Gasteiger partial charge in [0.2, 0.25) is 0 Å². The molecule has 0 bridgehead atoms. The van der Waals surface area contributed by atoms with Crippen molar-refractivity contribution in [1.29, 1.82) is 0 Å². The van der Waals surface area contributed by atoms with Gasteiger partial charge in [0.25, 0.3) is 0 Å². The number of ether oxygens (including phenoxy) is 1. The largest absolute Gasteiger partial charge is 0.461 e. The summed E-state index contributed by atoms with van der Waals surface area (Å²) in [6.45, 7) is 3.81. The van der Waals surface area contributed by atoms with Crippen LogP contribution in [0.3, 0.4) is 0 Å². The zero-order chi connectivity index (χ0) is 11.6. The Balaban J connectivity index is 2.08. The van der Waals surface area contributed by atoms with Crippen LogP contribution in [0.2, 0.25) is 0 Å². The highest BCUT2D eigenvalue weighted by Gasteiger charge is 2.01. The van der Waals surface area contributed by atoms with Crippen molar-refractivity contribution in [1.82, 2.24) is 0 Å². The third-order valence-electron chi connectivity index (χ3n) is 2.30. The standard InChI is InChI=1S/C14H18O2/c1-2-12-16-14(15)11-7-6-10-13-8-4-3-5-9-13/h2-5,8-9H,1,6-7,10-12H2. The van der Waals surface area contributed by atoms with E-state index in [2.05, 4.69) is 18.7 Å². The van der Waals surface area contributed by atoms with Crippen molar-refractivity contribution in [3.05, 3.63) is 48.6 Å². The van der Waals surface area contributed by atoms with Gasteiger partial charge in [-0.15, -0.1) is 0 Å². The SMILES string of the molecule is C=CCOC(=O)CCCCc1ccccc1. The molecule has 86 valence electrons. The molecule has 0 aliphatic heterocycles. The first-order chi connectivity index (χ1) is 7.83. The molecule has 0 unspecified atom stereocenters. The fourth-order valence-corrected chi connectivity index (χ4v) is 1.47. The van der Waals surface area contributed by atoms with Gasteiger partial charge < -0.3 is 4.74 Å². The third-order valence-corrected chi connectivity index (χ3v) is 2.30. The van der Waals surface area contributed by atoms with E-state index in [-0.39, 0.29) is 5.97 Å². The van der Waals surface area contributed by atoms with Crippen LogP contribution in [0, 0.1) is 0 Å². The minimum atomic E-state index is -0.132. The molecule has 1 aromatic carbocycles. The lowest BCUT2D eigenvalue weighted by Crippen LogP contribution is -2.04. The highest BCUT2D eigenvalue weighted by Crippen LogP contribution is 2.06. The Bertz CT molecular complexity index is 317. The fraction of sp³-hybridized carbons (Fsp3) is 0.357. The molecular formula is C14H18O2. The molecule has 2 heteroatoms. The van der Waals surface area contributed by atoms with E-state index in [0.717, 1.165) is 19.3 Å². The Morgan fingerprint density at radius 3 is 2.69 bits per heavy atom. The molecular weight excluding hydrogens is 200 g/mol. The molecule has 0 saturated carbocycles. The van der Waals surface area contributed by atoms with Crippen molar-refractivity contribution in [3.8, 4) is 0 Å². The number of hydrogen-bond acceptors (Lipinski definition) is 2. The van der Waals surface area contributed by atoms with Crippen LogP contribution in [0.15, 0.2) is 43.0 Å². The monoisotopic (exact) mass is 218 g/mol. The molecule has 0 N–H and O–H groups in total. The summed E-state index contributed by atoms with van der Waals surface area (Å²) >= 11 is 0. The lowest BCUT2D eigenvalue weighted by molar-refractivity contribution is -0.142. The van der Waals surface area contributed by atoms with Gasteiger partial charge in [0.05, 0.1) is 0 Å². The number of unbranched alkanes of at least 4 members (excludes halogenated alkanes) is 1. The Hall–Kier alpha value is -1.57. The first-order valence-electron chi connectivity index (χ1n) is 5.63. The first-order valence-corrected chi connectivity index (χ1v) is 5.63. The van der Waals surface area contributed by atoms with E-state index in [4.69, 9.17) is 4.74 Å². The summed E-state index contributed by atoms with van der Waals surface area (Å²) in [5.74, 6) is -0.132. The highest BCUT2D eigenvalue weighted by atomic mass is 16.5. The van der Waals surface area contributed by atoms with E-state index in [1.165, 1.54) is 5.56 Å². The summed E-state index contributed by atoms with van der Waals surface area (Å²) in [6.07, 6.45) is 5.01. The van der Waals surface area contributed by atoms with Crippen LogP contribution < -0.4 is 0 Å². The summed E-state index contributed by atoms with van der Waals surface area (Å²) < 4.78 is 4.89. The van der Waals surface area contributed by atoms with Crippen molar-refractivity contribution >= 4 is 5.97 Å². The molecule has 0 aromatic heterocycles. The van der Waals surface area contributed by atoms with Crippen molar-refractivity contribution < 1.29 is 9.53 Å². The van der Waals surface area contributed by atoms with Crippen LogP contribution in [0.4, 0.5) is 0 Å². The minimum Gasteiger partial charge on any atom is -0.461 e. The van der Waals surface area contributed by atoms with Gasteiger partial charge in [-0.1, -0.05) is 43.0 Å². The zero-order valence-corrected chi connectivity index (χ0v) is 9.52. The maximum Gasteiger partial charge on any atom is 0.306 e. The quantitative estimate of drug-likeness (QED) is 0.399. The van der Waals surface area contributed by atoms with Gasteiger partial charge in [0, 0.05) is 6.42 Å². The van der Waals surface area contributed by atoms with Crippen LogP contribution in [-0.2, 0) is 16.0 Å². The molecule has 0 saturated heterocycles. The predicted octanol–water partition coefficient (Wildman–Crippen LogP) is 3.13. The van der Waals surface area contributed by atoms with Crippen LogP contribution >= 0.6 is 0 Å². The number of carbonyl (C=O) groups is 1. The molecule has 2 nitrogen and oxygen atoms in total. The summed E-state index contributed by atoms with van der Waals surface area (Å²) in [5.41, 5.74) is 1.32. The molecule has 0 radical (unpaired) electrons. The average molecular weight is 218 g/mol. The van der Waals surface area contributed by atoms with Crippen molar-refractivity contribution in [3.63, 3.8) is 0 Å². The molecule has 16 heavy (non-hydrogen) atoms. The lowest BCUT2D eigenvalue weighted by atomic mass is 10.1. The van der Waals surface area contributed by atoms with E-state index in [1.807, 2.05) is 18.2 Å². The van der Waals surface area contributed by atoms with E-state index < -0.39 is 0 Å². The second kappa shape index (κ2) is 7.69. The minimum absolute atomic E-state index is 0.132. The van der Waals surface area contributed by atoms with Gasteiger partial charge >= 0.3 is 5.97 Å². The predicted molar refractivity (Wildman–Crippen MR) is 65.2 cm³/mol. The van der Waals surface area contributed by atoms with Crippen LogP contribution in [0.5, 0.6) is 0 Å². The van der Waals surface area contributed by atoms with Gasteiger partial charge in [-0.2, -0.15) is 0 Å². The van der Waals surface area contributed by atoms with Gasteiger partial charge in [0.15, 0.2) is 0 Å². The Morgan fingerprint density at radius 1 is 1.25 bits per heavy atom. The van der Waals surface area contributed by atoms with E-state index >= 15 is 0 Å². The molecule has 0 fully saturated rings. The number of carbonyl (C=O) groups excluding carboxylic acids is 1. The highest BCUT2D eigenvalue weighted by molar-refractivity contribution is 5.69. The van der Waals surface area contributed by atoms with Crippen LogP contribution in [0.25, 0.3) is 0 Å². The number of rotatable bonds is 7. The molecule has 0 heterocycles. The molecule has 1 aromatic rings. The normalized spacial score (nSPS) is 9.75. The Labute approximate surface area is 96.9 Å². The van der Waals surface area contributed by atoms with Crippen molar-refractivity contribution in [2.24, 2.45) is 0 Å². The number of hydrogen-bond donors (Lipinski definition) is 0. The van der Waals surface area contributed by atoms with Gasteiger partial charge in [0.1, 0.15) is 6.61 Å². The second-order valence-corrected chi connectivity index (χ2v) is 3.66. The number of esters is 1. The summed E-state index contributed by atoms with van der Waals surface area (Å²) in [6, 6.07) is 10.3. The molecule has 0 amide bonds. The summed E-state index contributed by atoms with van der Waals surface area (Å²) in [5, 5.41) is 0. The van der Waals surface area contributed by atoms with Crippen molar-refractivity contribution in [2.45, 2.75) is 25.7 Å². The van der Waals surface area contributed by atoms with E-state index in [0.29, 0.717) is 13.0 Å². The molecule has 0 aliphatic rings. The molecule has 0 aliphatic carbocycles. The van der Waals surface area contributed by atoms with Crippen LogP contribution in [-0.4, -0.2) is 12.6 Å². The first kappa shape index (κ1) is 12.5. The maximum atomic E-state index is 11.1. The third kappa shape index (κ3) is 5.35. The summed E-state index contributed by atoms with van der Waals surface area (Å²) in [7, 11) is 0. The van der Waals surface area contributed by atoms with Gasteiger partial charge in [-0.25, -0.2) is 0 Å². The number of aryl methyl sites for hydroxylation is 1. The molecule has 0 spiro atoms. The maximum absolute atomic E-state index is 11.1. The second-order valence-electron chi connectivity index (χ2n) is 3.66. The van der Waals surface area contributed by atoms with E-state index in [9.17, 15) is 4.79 Å². The zero-order valence-electron chi connectivity index (χ0n) is 9.52. The fourth-order valence-electron chi connectivity index (χ4n) is 1.47. The van der Waals surface area contributed by atoms with Crippen molar-refractivity contribution in [2.75, 3.05) is 6.61 Å². The Morgan fingerprint density at radius 2 is 2.00 bits per heavy atom.